The van der Waals surface area contributed by atoms with Crippen LogP contribution in [0.1, 0.15) is 20.8 Å². The summed E-state index contributed by atoms with van der Waals surface area (Å²) in [5.74, 6) is 0. The molecule has 0 saturated heterocycles. The van der Waals surface area contributed by atoms with Gasteiger partial charge in [-0.25, -0.2) is 0 Å². The molecule has 2 nitrogen and oxygen atoms in total. The van der Waals surface area contributed by atoms with Crippen molar-refractivity contribution in [2.24, 2.45) is 0 Å². The minimum absolute atomic E-state index is 0.186. The second-order valence-corrected chi connectivity index (χ2v) is 4.60. The predicted molar refractivity (Wildman–Crippen MR) is 60.5 cm³/mol. The zero-order chi connectivity index (χ0) is 10.9. The minimum atomic E-state index is -0.186. The molecule has 0 saturated carbocycles. The lowest BCUT2D eigenvalue weighted by Gasteiger charge is -2.14. The van der Waals surface area contributed by atoms with Crippen LogP contribution in [0.2, 0.25) is 0 Å². The lowest BCUT2D eigenvalue weighted by Crippen LogP contribution is -2.51. The Bertz CT molecular complexity index is 466. The van der Waals surface area contributed by atoms with Gasteiger partial charge < -0.3 is 0 Å². The van der Waals surface area contributed by atoms with Gasteiger partial charge in [0, 0.05) is 16.9 Å². The molecule has 0 atom stereocenters. The van der Waals surface area contributed by atoms with Crippen molar-refractivity contribution in [1.82, 2.24) is 0 Å². The Balaban J connectivity index is 2.52. The van der Waals surface area contributed by atoms with Crippen LogP contribution >= 0.6 is 0 Å². The molecule has 0 spiro atoms. The molecule has 0 unspecified atom stereocenters. The molecule has 78 valence electrons. The van der Waals surface area contributed by atoms with Crippen molar-refractivity contribution in [3.63, 3.8) is 0 Å². The first-order chi connectivity index (χ1) is 7.06. The third-order valence-electron chi connectivity index (χ3n) is 2.04. The van der Waals surface area contributed by atoms with Crippen molar-refractivity contribution in [2.75, 3.05) is 0 Å². The van der Waals surface area contributed by atoms with E-state index >= 15 is 0 Å². The smallest absolute Gasteiger partial charge is 0.264 e. The van der Waals surface area contributed by atoms with Gasteiger partial charge in [-0.15, -0.1) is 0 Å². The fraction of sp³-hybridized carbons (Fsp3) is 0.308. The largest absolute Gasteiger partial charge is 0.265 e. The number of hydrogen-bond acceptors (Lipinski definition) is 1. The van der Waals surface area contributed by atoms with Gasteiger partial charge in [0.25, 0.3) is 5.52 Å². The molecule has 0 amide bonds. The summed E-state index contributed by atoms with van der Waals surface area (Å²) in [6.07, 6.45) is 1.94. The van der Waals surface area contributed by atoms with Crippen LogP contribution < -0.4 is 9.57 Å². The molecular formula is C13H16NO+. The van der Waals surface area contributed by atoms with E-state index in [4.69, 9.17) is 4.84 Å². The zero-order valence-corrected chi connectivity index (χ0v) is 9.40. The van der Waals surface area contributed by atoms with Crippen molar-refractivity contribution in [2.45, 2.75) is 26.4 Å². The molecule has 0 aliphatic heterocycles. The normalized spacial score (nSPS) is 11.7. The van der Waals surface area contributed by atoms with E-state index in [-0.39, 0.29) is 5.60 Å². The van der Waals surface area contributed by atoms with Crippen LogP contribution in [0.4, 0.5) is 0 Å². The molecule has 0 fully saturated rings. The number of aromatic nitrogens is 1. The zero-order valence-electron chi connectivity index (χ0n) is 9.40. The number of hydrogen-bond donors (Lipinski definition) is 0. The van der Waals surface area contributed by atoms with Crippen molar-refractivity contribution >= 4 is 10.9 Å². The first-order valence-corrected chi connectivity index (χ1v) is 5.15. The average molecular weight is 202 g/mol. The SMILES string of the molecule is CC(C)(C)O[n+]1cccc2ccccc21. The van der Waals surface area contributed by atoms with E-state index < -0.39 is 0 Å². The van der Waals surface area contributed by atoms with E-state index in [9.17, 15) is 0 Å². The van der Waals surface area contributed by atoms with E-state index in [1.165, 1.54) is 5.39 Å². The highest BCUT2D eigenvalue weighted by molar-refractivity contribution is 5.74. The summed E-state index contributed by atoms with van der Waals surface area (Å²) in [7, 11) is 0. The van der Waals surface area contributed by atoms with Gasteiger partial charge in [-0.1, -0.05) is 12.1 Å². The Labute approximate surface area is 90.1 Å². The van der Waals surface area contributed by atoms with Gasteiger partial charge in [0.05, 0.1) is 5.39 Å². The first kappa shape index (κ1) is 9.97. The fourth-order valence-corrected chi connectivity index (χ4v) is 1.51. The first-order valence-electron chi connectivity index (χ1n) is 5.15. The molecule has 2 aromatic rings. The summed E-state index contributed by atoms with van der Waals surface area (Å²) >= 11 is 0. The number of fused-ring (bicyclic) bond motifs is 1. The lowest BCUT2D eigenvalue weighted by molar-refractivity contribution is -0.886. The molecule has 1 heterocycles. The summed E-state index contributed by atoms with van der Waals surface area (Å²) < 4.78 is 1.83. The quantitative estimate of drug-likeness (QED) is 0.647. The molecule has 0 radical (unpaired) electrons. The second kappa shape index (κ2) is 3.54. The van der Waals surface area contributed by atoms with Crippen LogP contribution in [0.25, 0.3) is 10.9 Å². The summed E-state index contributed by atoms with van der Waals surface area (Å²) in [6, 6.07) is 12.3. The van der Waals surface area contributed by atoms with Crippen molar-refractivity contribution in [1.29, 1.82) is 0 Å². The van der Waals surface area contributed by atoms with Gasteiger partial charge in [-0.2, -0.15) is 0 Å². The molecule has 1 aromatic heterocycles. The molecule has 15 heavy (non-hydrogen) atoms. The number of nitrogens with zero attached hydrogens (tertiary/aromatic N) is 1. The van der Waals surface area contributed by atoms with Crippen LogP contribution in [0.5, 0.6) is 0 Å². The van der Waals surface area contributed by atoms with Crippen molar-refractivity contribution in [3.8, 4) is 0 Å². The van der Waals surface area contributed by atoms with E-state index in [1.54, 1.807) is 0 Å². The maximum Gasteiger partial charge on any atom is 0.264 e. The molecule has 2 heteroatoms. The Morgan fingerprint density at radius 2 is 1.67 bits per heavy atom. The molecule has 0 N–H and O–H groups in total. The van der Waals surface area contributed by atoms with Crippen LogP contribution in [0, 0.1) is 0 Å². The van der Waals surface area contributed by atoms with Crippen molar-refractivity contribution < 1.29 is 9.57 Å². The lowest BCUT2D eigenvalue weighted by atomic mass is 10.2. The minimum Gasteiger partial charge on any atom is -0.265 e. The highest BCUT2D eigenvalue weighted by Crippen LogP contribution is 2.08. The Morgan fingerprint density at radius 1 is 1.00 bits per heavy atom. The van der Waals surface area contributed by atoms with Gasteiger partial charge >= 0.3 is 0 Å². The Kier molecular flexibility index (Phi) is 2.35. The van der Waals surface area contributed by atoms with Crippen LogP contribution in [-0.2, 0) is 0 Å². The fourth-order valence-electron chi connectivity index (χ4n) is 1.51. The number of benzene rings is 1. The summed E-state index contributed by atoms with van der Waals surface area (Å²) in [5, 5.41) is 1.18. The highest BCUT2D eigenvalue weighted by atomic mass is 16.7. The number of para-hydroxylation sites is 1. The molecule has 1 aromatic carbocycles. The van der Waals surface area contributed by atoms with Gasteiger partial charge in [0.1, 0.15) is 0 Å². The van der Waals surface area contributed by atoms with Gasteiger partial charge in [0.2, 0.25) is 6.20 Å². The third-order valence-corrected chi connectivity index (χ3v) is 2.04. The van der Waals surface area contributed by atoms with Gasteiger partial charge in [0.15, 0.2) is 5.60 Å². The summed E-state index contributed by atoms with van der Waals surface area (Å²) in [4.78, 5) is 5.83. The van der Waals surface area contributed by atoms with E-state index in [0.717, 1.165) is 5.52 Å². The van der Waals surface area contributed by atoms with E-state index in [1.807, 2.05) is 49.9 Å². The van der Waals surface area contributed by atoms with Crippen molar-refractivity contribution in [3.05, 3.63) is 42.6 Å². The average Bonchev–Trinajstić information content (AvgIpc) is 2.16. The maximum atomic E-state index is 5.83. The molecular weight excluding hydrogens is 186 g/mol. The highest BCUT2D eigenvalue weighted by Gasteiger charge is 2.20. The molecule has 0 aliphatic rings. The van der Waals surface area contributed by atoms with E-state index in [0.29, 0.717) is 0 Å². The molecule has 0 aliphatic carbocycles. The summed E-state index contributed by atoms with van der Waals surface area (Å²) in [6.45, 7) is 6.13. The van der Waals surface area contributed by atoms with Crippen LogP contribution in [0.15, 0.2) is 42.6 Å². The number of rotatable bonds is 1. The Hall–Kier alpha value is -1.57. The topological polar surface area (TPSA) is 13.1 Å². The molecule has 2 rings (SSSR count). The third kappa shape index (κ3) is 2.27. The van der Waals surface area contributed by atoms with Crippen LogP contribution in [0.3, 0.4) is 0 Å². The van der Waals surface area contributed by atoms with Crippen LogP contribution in [-0.4, -0.2) is 5.60 Å². The number of pyridine rings is 1. The maximum absolute atomic E-state index is 5.83. The summed E-state index contributed by atoms with van der Waals surface area (Å²) in [5.41, 5.74) is 0.907. The predicted octanol–water partition coefficient (Wildman–Crippen LogP) is 2.35. The van der Waals surface area contributed by atoms with Gasteiger partial charge in [-0.05, 0) is 32.9 Å². The van der Waals surface area contributed by atoms with Gasteiger partial charge in [-0.3, -0.25) is 4.84 Å². The standard InChI is InChI=1S/C13H16NO/c1-13(2,3)15-14-10-6-8-11-7-4-5-9-12(11)14/h4-10H,1-3H3/q+1. The monoisotopic (exact) mass is 202 g/mol. The molecule has 0 bridgehead atoms. The Morgan fingerprint density at radius 3 is 2.40 bits per heavy atom. The second-order valence-electron chi connectivity index (χ2n) is 4.60. The van der Waals surface area contributed by atoms with E-state index in [2.05, 4.69) is 18.2 Å².